The zero-order valence-corrected chi connectivity index (χ0v) is 10.1. The standard InChI is InChI=1S/C11H21NOS/c1-3-14-8-7-12-6-4-5-11(9-12)10(2)13/h11H,3-9H2,1-2H3. The van der Waals surface area contributed by atoms with Gasteiger partial charge in [0, 0.05) is 24.8 Å². The molecule has 0 aromatic carbocycles. The van der Waals surface area contributed by atoms with Gasteiger partial charge in [-0.25, -0.2) is 0 Å². The number of likely N-dealkylation sites (tertiary alicyclic amines) is 1. The highest BCUT2D eigenvalue weighted by atomic mass is 32.2. The first-order valence-electron chi connectivity index (χ1n) is 5.54. The molecule has 1 rings (SSSR count). The summed E-state index contributed by atoms with van der Waals surface area (Å²) in [5.41, 5.74) is 0. The van der Waals surface area contributed by atoms with Gasteiger partial charge in [0.25, 0.3) is 0 Å². The molecular formula is C11H21NOS. The minimum Gasteiger partial charge on any atom is -0.302 e. The van der Waals surface area contributed by atoms with E-state index in [4.69, 9.17) is 0 Å². The van der Waals surface area contributed by atoms with Crippen molar-refractivity contribution in [2.24, 2.45) is 5.92 Å². The molecule has 14 heavy (non-hydrogen) atoms. The average Bonchev–Trinajstić information content (AvgIpc) is 2.19. The molecule has 0 amide bonds. The third kappa shape index (κ3) is 4.01. The zero-order chi connectivity index (χ0) is 10.4. The average molecular weight is 215 g/mol. The summed E-state index contributed by atoms with van der Waals surface area (Å²) < 4.78 is 0. The van der Waals surface area contributed by atoms with Gasteiger partial charge in [0.05, 0.1) is 0 Å². The molecule has 0 radical (unpaired) electrons. The van der Waals surface area contributed by atoms with E-state index in [1.165, 1.54) is 24.5 Å². The van der Waals surface area contributed by atoms with Gasteiger partial charge in [0.1, 0.15) is 5.78 Å². The number of carbonyl (C=O) groups is 1. The summed E-state index contributed by atoms with van der Waals surface area (Å²) in [5.74, 6) is 3.10. The van der Waals surface area contributed by atoms with Gasteiger partial charge >= 0.3 is 0 Å². The summed E-state index contributed by atoms with van der Waals surface area (Å²) in [4.78, 5) is 13.7. The number of rotatable bonds is 5. The highest BCUT2D eigenvalue weighted by Gasteiger charge is 2.22. The normalized spacial score (nSPS) is 23.7. The van der Waals surface area contributed by atoms with Gasteiger partial charge in [-0.15, -0.1) is 0 Å². The quantitative estimate of drug-likeness (QED) is 0.655. The summed E-state index contributed by atoms with van der Waals surface area (Å²) in [5, 5.41) is 0. The van der Waals surface area contributed by atoms with Crippen LogP contribution in [0.2, 0.25) is 0 Å². The number of hydrogen-bond acceptors (Lipinski definition) is 3. The van der Waals surface area contributed by atoms with Gasteiger partial charge in [-0.05, 0) is 32.1 Å². The van der Waals surface area contributed by atoms with Crippen molar-refractivity contribution in [3.63, 3.8) is 0 Å². The Kier molecular flexibility index (Phi) is 5.56. The van der Waals surface area contributed by atoms with Crippen molar-refractivity contribution in [2.75, 3.05) is 31.1 Å². The van der Waals surface area contributed by atoms with Gasteiger partial charge in [0.2, 0.25) is 0 Å². The van der Waals surface area contributed by atoms with Crippen molar-refractivity contribution in [2.45, 2.75) is 26.7 Å². The molecule has 1 fully saturated rings. The molecule has 2 nitrogen and oxygen atoms in total. The lowest BCUT2D eigenvalue weighted by Gasteiger charge is -2.31. The lowest BCUT2D eigenvalue weighted by molar-refractivity contribution is -0.122. The Labute approximate surface area is 91.4 Å². The van der Waals surface area contributed by atoms with Gasteiger partial charge in [-0.1, -0.05) is 6.92 Å². The molecule has 0 aromatic heterocycles. The molecule has 1 unspecified atom stereocenters. The van der Waals surface area contributed by atoms with Crippen molar-refractivity contribution in [1.82, 2.24) is 4.90 Å². The third-order valence-corrected chi connectivity index (χ3v) is 3.72. The Morgan fingerprint density at radius 1 is 1.57 bits per heavy atom. The topological polar surface area (TPSA) is 20.3 Å². The summed E-state index contributed by atoms with van der Waals surface area (Å²) in [6.45, 7) is 7.27. The summed E-state index contributed by atoms with van der Waals surface area (Å²) in [6.07, 6.45) is 2.30. The maximum Gasteiger partial charge on any atom is 0.134 e. The van der Waals surface area contributed by atoms with Gasteiger partial charge in [-0.3, -0.25) is 4.79 Å². The van der Waals surface area contributed by atoms with Crippen LogP contribution in [0.5, 0.6) is 0 Å². The van der Waals surface area contributed by atoms with Crippen LogP contribution < -0.4 is 0 Å². The fraction of sp³-hybridized carbons (Fsp3) is 0.909. The predicted octanol–water partition coefficient (Wildman–Crippen LogP) is 2.04. The number of thioether (sulfide) groups is 1. The van der Waals surface area contributed by atoms with E-state index < -0.39 is 0 Å². The molecule has 82 valence electrons. The minimum atomic E-state index is 0.315. The molecule has 1 saturated heterocycles. The summed E-state index contributed by atoms with van der Waals surface area (Å²) >= 11 is 1.98. The van der Waals surface area contributed by atoms with Crippen LogP contribution in [0.25, 0.3) is 0 Å². The zero-order valence-electron chi connectivity index (χ0n) is 9.29. The molecule has 0 N–H and O–H groups in total. The van der Waals surface area contributed by atoms with E-state index in [1.54, 1.807) is 6.92 Å². The van der Waals surface area contributed by atoms with E-state index in [0.29, 0.717) is 11.7 Å². The Hall–Kier alpha value is -0.0200. The number of piperidine rings is 1. The van der Waals surface area contributed by atoms with Crippen molar-refractivity contribution in [1.29, 1.82) is 0 Å². The van der Waals surface area contributed by atoms with E-state index in [2.05, 4.69) is 11.8 Å². The van der Waals surface area contributed by atoms with Crippen LogP contribution >= 0.6 is 11.8 Å². The summed E-state index contributed by atoms with van der Waals surface area (Å²) in [6, 6.07) is 0. The number of carbonyl (C=O) groups excluding carboxylic acids is 1. The van der Waals surface area contributed by atoms with E-state index >= 15 is 0 Å². The highest BCUT2D eigenvalue weighted by molar-refractivity contribution is 7.99. The van der Waals surface area contributed by atoms with Crippen LogP contribution in [0.15, 0.2) is 0 Å². The molecular weight excluding hydrogens is 194 g/mol. The summed E-state index contributed by atoms with van der Waals surface area (Å²) in [7, 11) is 0. The van der Waals surface area contributed by atoms with Crippen LogP contribution in [0.3, 0.4) is 0 Å². The highest BCUT2D eigenvalue weighted by Crippen LogP contribution is 2.17. The second kappa shape index (κ2) is 6.46. The molecule has 1 aliphatic rings. The molecule has 1 aliphatic heterocycles. The molecule has 0 aromatic rings. The largest absolute Gasteiger partial charge is 0.302 e. The van der Waals surface area contributed by atoms with Crippen LogP contribution in [-0.4, -0.2) is 41.8 Å². The number of ketones is 1. The molecule has 0 bridgehead atoms. The minimum absolute atomic E-state index is 0.315. The second-order valence-electron chi connectivity index (χ2n) is 3.95. The van der Waals surface area contributed by atoms with Crippen molar-refractivity contribution in [3.05, 3.63) is 0 Å². The van der Waals surface area contributed by atoms with E-state index in [-0.39, 0.29) is 0 Å². The van der Waals surface area contributed by atoms with E-state index in [1.807, 2.05) is 11.8 Å². The van der Waals surface area contributed by atoms with Crippen molar-refractivity contribution >= 4 is 17.5 Å². The first-order chi connectivity index (χ1) is 6.74. The molecule has 3 heteroatoms. The van der Waals surface area contributed by atoms with Crippen LogP contribution in [-0.2, 0) is 4.79 Å². The number of hydrogen-bond donors (Lipinski definition) is 0. The SMILES string of the molecule is CCSCCN1CCCC(C(C)=O)C1. The third-order valence-electron chi connectivity index (χ3n) is 2.84. The van der Waals surface area contributed by atoms with Crippen molar-refractivity contribution in [3.8, 4) is 0 Å². The van der Waals surface area contributed by atoms with Gasteiger partial charge < -0.3 is 4.90 Å². The van der Waals surface area contributed by atoms with E-state index in [0.717, 1.165) is 19.5 Å². The molecule has 1 heterocycles. The Bertz CT molecular complexity index is 184. The lowest BCUT2D eigenvalue weighted by atomic mass is 9.95. The first-order valence-corrected chi connectivity index (χ1v) is 6.70. The van der Waals surface area contributed by atoms with Gasteiger partial charge in [0.15, 0.2) is 0 Å². The molecule has 0 spiro atoms. The van der Waals surface area contributed by atoms with Crippen molar-refractivity contribution < 1.29 is 4.79 Å². The Balaban J connectivity index is 2.22. The number of Topliss-reactive ketones (excluding diaryl/α,β-unsaturated/α-hetero) is 1. The molecule has 0 saturated carbocycles. The fourth-order valence-electron chi connectivity index (χ4n) is 1.93. The Morgan fingerprint density at radius 3 is 3.00 bits per heavy atom. The molecule has 1 atom stereocenters. The van der Waals surface area contributed by atoms with Crippen LogP contribution in [0.1, 0.15) is 26.7 Å². The molecule has 0 aliphatic carbocycles. The predicted molar refractivity (Wildman–Crippen MR) is 62.8 cm³/mol. The smallest absolute Gasteiger partial charge is 0.134 e. The number of nitrogens with zero attached hydrogens (tertiary/aromatic N) is 1. The van der Waals surface area contributed by atoms with Gasteiger partial charge in [-0.2, -0.15) is 11.8 Å². The second-order valence-corrected chi connectivity index (χ2v) is 5.34. The fourth-order valence-corrected chi connectivity index (χ4v) is 2.60. The Morgan fingerprint density at radius 2 is 2.36 bits per heavy atom. The monoisotopic (exact) mass is 215 g/mol. The van der Waals surface area contributed by atoms with Crippen LogP contribution in [0.4, 0.5) is 0 Å². The maximum absolute atomic E-state index is 11.2. The first kappa shape index (κ1) is 12.1. The van der Waals surface area contributed by atoms with E-state index in [9.17, 15) is 4.79 Å². The maximum atomic E-state index is 11.2. The van der Waals surface area contributed by atoms with Crippen LogP contribution in [0, 0.1) is 5.92 Å². The lowest BCUT2D eigenvalue weighted by Crippen LogP contribution is -2.39.